The molecule has 2 aliphatic heterocycles. The molecule has 3 aliphatic rings. The van der Waals surface area contributed by atoms with E-state index >= 15 is 0 Å². The van der Waals surface area contributed by atoms with Gasteiger partial charge in [-0.05, 0) is 25.2 Å². The first-order chi connectivity index (χ1) is 7.70. The maximum absolute atomic E-state index is 9.74. The summed E-state index contributed by atoms with van der Waals surface area (Å²) in [6.45, 7) is 2.06. The summed E-state index contributed by atoms with van der Waals surface area (Å²) in [7, 11) is 0. The summed E-state index contributed by atoms with van der Waals surface area (Å²) in [5, 5.41) is 19.0. The topological polar surface area (TPSA) is 65.5 Å². The summed E-state index contributed by atoms with van der Waals surface area (Å²) in [6.07, 6.45) is 3.83. The zero-order valence-electron chi connectivity index (χ0n) is 9.58. The molecule has 2 heterocycles. The maximum Gasteiger partial charge on any atom is 0.115 e. The minimum atomic E-state index is -0.327. The molecule has 0 bridgehead atoms. The van der Waals surface area contributed by atoms with Gasteiger partial charge < -0.3 is 19.7 Å². The summed E-state index contributed by atoms with van der Waals surface area (Å²) in [6, 6.07) is 0. The van der Waals surface area contributed by atoms with Crippen LogP contribution in [0.2, 0.25) is 0 Å². The second-order valence-electron chi connectivity index (χ2n) is 5.36. The lowest BCUT2D eigenvalue weighted by Gasteiger charge is -2.03. The Hall–Kier alpha value is -0.160. The van der Waals surface area contributed by atoms with Gasteiger partial charge in [-0.3, -0.25) is 0 Å². The fourth-order valence-corrected chi connectivity index (χ4v) is 2.59. The third-order valence-electron chi connectivity index (χ3n) is 3.89. The van der Waals surface area contributed by atoms with Gasteiger partial charge in [-0.1, -0.05) is 13.3 Å². The van der Waals surface area contributed by atoms with E-state index in [9.17, 15) is 10.2 Å². The Labute approximate surface area is 95.6 Å². The molecule has 2 saturated heterocycles. The van der Waals surface area contributed by atoms with E-state index in [1.54, 1.807) is 0 Å². The van der Waals surface area contributed by atoms with Crippen molar-refractivity contribution in [2.24, 2.45) is 5.92 Å². The first-order valence-corrected chi connectivity index (χ1v) is 6.37. The summed E-state index contributed by atoms with van der Waals surface area (Å²) >= 11 is 0. The Bertz CT molecular complexity index is 270. The Morgan fingerprint density at radius 1 is 1.31 bits per heavy atom. The van der Waals surface area contributed by atoms with Crippen molar-refractivity contribution in [2.75, 3.05) is 0 Å². The van der Waals surface area contributed by atoms with Gasteiger partial charge in [0.2, 0.25) is 0 Å². The molecule has 0 radical (unpaired) electrons. The van der Waals surface area contributed by atoms with Gasteiger partial charge in [0.1, 0.15) is 18.3 Å². The predicted octanol–water partition coefficient (Wildman–Crippen LogP) is 0.453. The minimum absolute atomic E-state index is 0.000855. The Morgan fingerprint density at radius 2 is 2.06 bits per heavy atom. The molecule has 92 valence electrons. The van der Waals surface area contributed by atoms with E-state index < -0.39 is 0 Å². The number of rotatable bonds is 6. The van der Waals surface area contributed by atoms with Crippen LogP contribution in [0.15, 0.2) is 0 Å². The minimum Gasteiger partial charge on any atom is -0.393 e. The molecule has 1 aliphatic carbocycles. The Balaban J connectivity index is 1.38. The van der Waals surface area contributed by atoms with Gasteiger partial charge in [-0.25, -0.2) is 0 Å². The van der Waals surface area contributed by atoms with Crippen LogP contribution in [-0.2, 0) is 9.47 Å². The third-order valence-corrected chi connectivity index (χ3v) is 3.89. The Kier molecular flexibility index (Phi) is 2.70. The number of ether oxygens (including phenoxy) is 2. The maximum atomic E-state index is 9.74. The van der Waals surface area contributed by atoms with Gasteiger partial charge in [0.25, 0.3) is 0 Å². The van der Waals surface area contributed by atoms with Crippen molar-refractivity contribution in [2.45, 2.75) is 69.2 Å². The average molecular weight is 228 g/mol. The molecule has 3 rings (SSSR count). The molecule has 0 aromatic rings. The average Bonchev–Trinajstić information content (AvgIpc) is 3.05. The normalized spacial score (nSPS) is 51.2. The van der Waals surface area contributed by atoms with Crippen molar-refractivity contribution in [3.63, 3.8) is 0 Å². The molecule has 0 aromatic carbocycles. The molecule has 7 atom stereocenters. The molecule has 0 aromatic heterocycles. The molecule has 2 N–H and O–H groups in total. The van der Waals surface area contributed by atoms with Crippen LogP contribution in [-0.4, -0.2) is 46.8 Å². The van der Waals surface area contributed by atoms with Crippen molar-refractivity contribution in [1.82, 2.24) is 0 Å². The summed E-state index contributed by atoms with van der Waals surface area (Å²) in [5.74, 6) is 0.452. The third kappa shape index (κ3) is 2.12. The van der Waals surface area contributed by atoms with Crippen molar-refractivity contribution >= 4 is 0 Å². The van der Waals surface area contributed by atoms with E-state index in [-0.39, 0.29) is 36.6 Å². The lowest BCUT2D eigenvalue weighted by atomic mass is 10.0. The van der Waals surface area contributed by atoms with Crippen molar-refractivity contribution in [3.05, 3.63) is 0 Å². The highest BCUT2D eigenvalue weighted by Crippen LogP contribution is 2.46. The number of epoxide rings is 2. The van der Waals surface area contributed by atoms with Gasteiger partial charge in [0.05, 0.1) is 18.3 Å². The molecule has 16 heavy (non-hydrogen) atoms. The number of hydrogen-bond donors (Lipinski definition) is 2. The van der Waals surface area contributed by atoms with E-state index in [1.807, 2.05) is 0 Å². The number of aliphatic hydroxyl groups is 2. The molecular formula is C12H20O4. The molecule has 4 heteroatoms. The molecule has 0 spiro atoms. The fraction of sp³-hybridized carbons (Fsp3) is 1.00. The van der Waals surface area contributed by atoms with E-state index in [4.69, 9.17) is 9.47 Å². The smallest absolute Gasteiger partial charge is 0.115 e. The highest BCUT2D eigenvalue weighted by Gasteiger charge is 2.60. The van der Waals surface area contributed by atoms with Gasteiger partial charge in [-0.2, -0.15) is 0 Å². The highest BCUT2D eigenvalue weighted by atomic mass is 16.7. The number of aliphatic hydroxyl groups excluding tert-OH is 2. The van der Waals surface area contributed by atoms with Crippen LogP contribution in [0.5, 0.6) is 0 Å². The monoisotopic (exact) mass is 228 g/mol. The second-order valence-corrected chi connectivity index (χ2v) is 5.36. The molecule has 3 fully saturated rings. The lowest BCUT2D eigenvalue weighted by molar-refractivity contribution is 0.125. The summed E-state index contributed by atoms with van der Waals surface area (Å²) in [4.78, 5) is 0. The largest absolute Gasteiger partial charge is 0.393 e. The first kappa shape index (κ1) is 11.0. The SMILES string of the molecule is CCC[C@@H](O)[C@@H]1O[C@H]1[C@@H]1O[C@@H]1C[C@@H]1C[C@H]1O. The zero-order valence-corrected chi connectivity index (χ0v) is 9.58. The Morgan fingerprint density at radius 3 is 2.69 bits per heavy atom. The van der Waals surface area contributed by atoms with Crippen molar-refractivity contribution in [3.8, 4) is 0 Å². The van der Waals surface area contributed by atoms with Crippen LogP contribution in [0, 0.1) is 5.92 Å². The van der Waals surface area contributed by atoms with E-state index in [0.717, 1.165) is 25.7 Å². The standard InChI is InChI=1S/C12H20O4/c1-2-3-7(13)10-12(16-10)11-9(15-11)5-6-4-8(6)14/h6-14H,2-5H2,1H3/t6-,7+,8+,9+,10-,11+,12+/m0/s1. The van der Waals surface area contributed by atoms with Crippen LogP contribution in [0.4, 0.5) is 0 Å². The van der Waals surface area contributed by atoms with Crippen molar-refractivity contribution < 1.29 is 19.7 Å². The second kappa shape index (κ2) is 3.95. The van der Waals surface area contributed by atoms with Crippen LogP contribution in [0.25, 0.3) is 0 Å². The van der Waals surface area contributed by atoms with Gasteiger partial charge >= 0.3 is 0 Å². The van der Waals surface area contributed by atoms with Crippen LogP contribution in [0.3, 0.4) is 0 Å². The lowest BCUT2D eigenvalue weighted by Crippen LogP contribution is -2.19. The van der Waals surface area contributed by atoms with E-state index in [1.165, 1.54) is 0 Å². The summed E-state index contributed by atoms with van der Waals surface area (Å²) in [5.41, 5.74) is 0. The molecule has 4 nitrogen and oxygen atoms in total. The first-order valence-electron chi connectivity index (χ1n) is 6.37. The quantitative estimate of drug-likeness (QED) is 0.648. The van der Waals surface area contributed by atoms with Gasteiger partial charge in [0, 0.05) is 0 Å². The van der Waals surface area contributed by atoms with Crippen LogP contribution < -0.4 is 0 Å². The van der Waals surface area contributed by atoms with Crippen LogP contribution >= 0.6 is 0 Å². The number of hydrogen-bond acceptors (Lipinski definition) is 4. The molecule has 0 unspecified atom stereocenters. The van der Waals surface area contributed by atoms with Crippen molar-refractivity contribution in [1.29, 1.82) is 0 Å². The molecular weight excluding hydrogens is 208 g/mol. The molecule has 0 amide bonds. The highest BCUT2D eigenvalue weighted by molar-refractivity contribution is 5.06. The zero-order chi connectivity index (χ0) is 11.3. The molecule has 1 saturated carbocycles. The predicted molar refractivity (Wildman–Crippen MR) is 57.0 cm³/mol. The van der Waals surface area contributed by atoms with Crippen LogP contribution in [0.1, 0.15) is 32.6 Å². The fourth-order valence-electron chi connectivity index (χ4n) is 2.59. The summed E-state index contributed by atoms with van der Waals surface area (Å²) < 4.78 is 11.0. The van der Waals surface area contributed by atoms with Gasteiger partial charge in [-0.15, -0.1) is 0 Å². The van der Waals surface area contributed by atoms with E-state index in [2.05, 4.69) is 6.92 Å². The van der Waals surface area contributed by atoms with Gasteiger partial charge in [0.15, 0.2) is 0 Å². The van der Waals surface area contributed by atoms with E-state index in [0.29, 0.717) is 5.92 Å².